The van der Waals surface area contributed by atoms with Crippen molar-refractivity contribution in [2.75, 3.05) is 19.7 Å². The van der Waals surface area contributed by atoms with Crippen LogP contribution in [0.2, 0.25) is 0 Å². The van der Waals surface area contributed by atoms with E-state index in [1.807, 2.05) is 6.07 Å². The number of nitriles is 1. The van der Waals surface area contributed by atoms with Crippen molar-refractivity contribution < 1.29 is 14.3 Å². The van der Waals surface area contributed by atoms with Gasteiger partial charge in [0.25, 0.3) is 11.8 Å². The molecule has 27 heavy (non-hydrogen) atoms. The average Bonchev–Trinajstić information content (AvgIpc) is 3.10. The first kappa shape index (κ1) is 18.4. The molecule has 1 aliphatic rings. The van der Waals surface area contributed by atoms with Crippen molar-refractivity contribution in [3.8, 4) is 17.6 Å². The second-order valence-electron chi connectivity index (χ2n) is 6.35. The summed E-state index contributed by atoms with van der Waals surface area (Å²) in [5.74, 6) is -0.679. The van der Waals surface area contributed by atoms with Crippen LogP contribution in [0.15, 0.2) is 30.3 Å². The summed E-state index contributed by atoms with van der Waals surface area (Å²) in [6.07, 6.45) is 1.73. The fourth-order valence-electron chi connectivity index (χ4n) is 2.93. The van der Waals surface area contributed by atoms with Crippen molar-refractivity contribution in [3.63, 3.8) is 0 Å². The Morgan fingerprint density at radius 3 is 2.70 bits per heavy atom. The van der Waals surface area contributed by atoms with Gasteiger partial charge in [0, 0.05) is 25.2 Å². The molecule has 2 amide bonds. The van der Waals surface area contributed by atoms with Gasteiger partial charge in [0.2, 0.25) is 5.88 Å². The van der Waals surface area contributed by atoms with E-state index in [-0.39, 0.29) is 30.1 Å². The quantitative estimate of drug-likeness (QED) is 0.771. The molecule has 0 spiro atoms. The Kier molecular flexibility index (Phi) is 5.38. The Labute approximate surface area is 156 Å². The van der Waals surface area contributed by atoms with Gasteiger partial charge in [-0.3, -0.25) is 9.59 Å². The number of hydrogen-bond acceptors (Lipinski definition) is 6. The van der Waals surface area contributed by atoms with Crippen LogP contribution in [0.3, 0.4) is 0 Å². The van der Waals surface area contributed by atoms with Gasteiger partial charge < -0.3 is 21.1 Å². The van der Waals surface area contributed by atoms with E-state index in [0.29, 0.717) is 24.3 Å². The molecule has 1 aliphatic heterocycles. The molecule has 0 radical (unpaired) electrons. The SMILES string of the molecule is N#Cc1ccc(-n2nc(C(=O)N3CCC[C@@H](N)C3)cc2OCC(N)=O)cc1. The minimum atomic E-state index is -0.641. The zero-order valence-corrected chi connectivity index (χ0v) is 14.7. The Hall–Kier alpha value is -3.38. The maximum absolute atomic E-state index is 12.8. The highest BCUT2D eigenvalue weighted by atomic mass is 16.5. The number of piperidine rings is 1. The molecule has 1 fully saturated rings. The Morgan fingerprint density at radius 2 is 2.07 bits per heavy atom. The second kappa shape index (κ2) is 7.88. The molecular weight excluding hydrogens is 348 g/mol. The molecule has 0 aliphatic carbocycles. The number of likely N-dealkylation sites (tertiary alicyclic amines) is 1. The third-order valence-corrected chi connectivity index (χ3v) is 4.24. The number of nitrogens with zero attached hydrogens (tertiary/aromatic N) is 4. The third kappa shape index (κ3) is 4.24. The first-order chi connectivity index (χ1) is 13.0. The number of carbonyl (C=O) groups excluding carboxylic acids is 2. The number of aromatic nitrogens is 2. The number of carbonyl (C=O) groups is 2. The van der Waals surface area contributed by atoms with Crippen LogP contribution in [-0.4, -0.2) is 52.2 Å². The van der Waals surface area contributed by atoms with Gasteiger partial charge in [-0.2, -0.15) is 10.4 Å². The predicted octanol–water partition coefficient (Wildman–Crippen LogP) is 0.171. The zero-order chi connectivity index (χ0) is 19.4. The molecule has 1 aromatic carbocycles. The molecule has 140 valence electrons. The van der Waals surface area contributed by atoms with Crippen LogP contribution in [0.1, 0.15) is 28.9 Å². The Balaban J connectivity index is 1.92. The van der Waals surface area contributed by atoms with Crippen molar-refractivity contribution >= 4 is 11.8 Å². The lowest BCUT2D eigenvalue weighted by atomic mass is 10.1. The molecule has 9 nitrogen and oxygen atoms in total. The number of amides is 2. The summed E-state index contributed by atoms with van der Waals surface area (Å²) in [6, 6.07) is 10.1. The summed E-state index contributed by atoms with van der Waals surface area (Å²) in [4.78, 5) is 25.5. The second-order valence-corrected chi connectivity index (χ2v) is 6.35. The Bertz CT molecular complexity index is 883. The minimum absolute atomic E-state index is 0.0473. The fourth-order valence-corrected chi connectivity index (χ4v) is 2.93. The first-order valence-corrected chi connectivity index (χ1v) is 8.54. The van der Waals surface area contributed by atoms with Crippen LogP contribution in [0.4, 0.5) is 0 Å². The van der Waals surface area contributed by atoms with Crippen molar-refractivity contribution in [1.29, 1.82) is 5.26 Å². The summed E-state index contributed by atoms with van der Waals surface area (Å²) in [7, 11) is 0. The summed E-state index contributed by atoms with van der Waals surface area (Å²) in [5.41, 5.74) is 12.4. The molecule has 1 atom stereocenters. The van der Waals surface area contributed by atoms with Gasteiger partial charge >= 0.3 is 0 Å². The third-order valence-electron chi connectivity index (χ3n) is 4.24. The molecule has 9 heteroatoms. The lowest BCUT2D eigenvalue weighted by Gasteiger charge is -2.30. The van der Waals surface area contributed by atoms with Crippen LogP contribution in [0.5, 0.6) is 5.88 Å². The molecule has 0 unspecified atom stereocenters. The van der Waals surface area contributed by atoms with Crippen molar-refractivity contribution in [1.82, 2.24) is 14.7 Å². The molecule has 4 N–H and O–H groups in total. The van der Waals surface area contributed by atoms with Crippen LogP contribution in [0, 0.1) is 11.3 Å². The summed E-state index contributed by atoms with van der Waals surface area (Å²) >= 11 is 0. The van der Waals surface area contributed by atoms with Crippen molar-refractivity contribution in [3.05, 3.63) is 41.6 Å². The molecule has 0 bridgehead atoms. The number of ether oxygens (including phenoxy) is 1. The van der Waals surface area contributed by atoms with Gasteiger partial charge in [-0.05, 0) is 37.1 Å². The fraction of sp³-hybridized carbons (Fsp3) is 0.333. The standard InChI is InChI=1S/C18H20N6O3/c19-9-12-3-5-14(6-4-12)24-17(27-11-16(21)25)8-15(22-24)18(26)23-7-1-2-13(20)10-23/h3-6,8,13H,1-2,7,10-11,20H2,(H2,21,25)/t13-/m1/s1. The number of nitrogens with two attached hydrogens (primary N) is 2. The average molecular weight is 368 g/mol. The molecule has 1 saturated heterocycles. The number of rotatable bonds is 5. The molecule has 3 rings (SSSR count). The zero-order valence-electron chi connectivity index (χ0n) is 14.7. The van der Waals surface area contributed by atoms with Gasteiger partial charge in [0.1, 0.15) is 0 Å². The van der Waals surface area contributed by atoms with Crippen molar-refractivity contribution in [2.24, 2.45) is 11.5 Å². The van der Waals surface area contributed by atoms with Crippen LogP contribution < -0.4 is 16.2 Å². The van der Waals surface area contributed by atoms with Crippen LogP contribution in [0.25, 0.3) is 5.69 Å². The van der Waals surface area contributed by atoms with Crippen molar-refractivity contribution in [2.45, 2.75) is 18.9 Å². The first-order valence-electron chi connectivity index (χ1n) is 8.54. The summed E-state index contributed by atoms with van der Waals surface area (Å²) < 4.78 is 6.82. The van der Waals surface area contributed by atoms with Gasteiger partial charge in [-0.15, -0.1) is 0 Å². The monoisotopic (exact) mass is 368 g/mol. The molecular formula is C18H20N6O3. The smallest absolute Gasteiger partial charge is 0.274 e. The number of primary amides is 1. The van der Waals surface area contributed by atoms with Crippen LogP contribution >= 0.6 is 0 Å². The maximum Gasteiger partial charge on any atom is 0.274 e. The van der Waals surface area contributed by atoms with E-state index in [1.54, 1.807) is 29.2 Å². The van der Waals surface area contributed by atoms with Crippen LogP contribution in [-0.2, 0) is 4.79 Å². The maximum atomic E-state index is 12.8. The van der Waals surface area contributed by atoms with E-state index in [1.165, 1.54) is 10.7 Å². The molecule has 2 aromatic rings. The van der Waals surface area contributed by atoms with E-state index in [0.717, 1.165) is 12.8 Å². The molecule has 2 heterocycles. The van der Waals surface area contributed by atoms with Gasteiger partial charge in [0.05, 0.1) is 17.3 Å². The molecule has 1 aromatic heterocycles. The summed E-state index contributed by atoms with van der Waals surface area (Å²) in [6.45, 7) is 0.748. The van der Waals surface area contributed by atoms with Gasteiger partial charge in [-0.25, -0.2) is 4.68 Å². The van der Waals surface area contributed by atoms with E-state index in [9.17, 15) is 9.59 Å². The highest BCUT2D eigenvalue weighted by Gasteiger charge is 2.26. The lowest BCUT2D eigenvalue weighted by Crippen LogP contribution is -2.45. The normalized spacial score (nSPS) is 16.6. The van der Waals surface area contributed by atoms with Gasteiger partial charge in [0.15, 0.2) is 12.3 Å². The van der Waals surface area contributed by atoms with E-state index in [2.05, 4.69) is 5.10 Å². The highest BCUT2D eigenvalue weighted by Crippen LogP contribution is 2.22. The Morgan fingerprint density at radius 1 is 1.33 bits per heavy atom. The van der Waals surface area contributed by atoms with E-state index in [4.69, 9.17) is 21.5 Å². The summed E-state index contributed by atoms with van der Waals surface area (Å²) in [5, 5.41) is 13.3. The topological polar surface area (TPSA) is 140 Å². The highest BCUT2D eigenvalue weighted by molar-refractivity contribution is 5.93. The predicted molar refractivity (Wildman–Crippen MR) is 96.1 cm³/mol. The largest absolute Gasteiger partial charge is 0.467 e. The number of benzene rings is 1. The minimum Gasteiger partial charge on any atom is -0.467 e. The van der Waals surface area contributed by atoms with E-state index < -0.39 is 5.91 Å². The van der Waals surface area contributed by atoms with E-state index >= 15 is 0 Å². The number of hydrogen-bond donors (Lipinski definition) is 2. The lowest BCUT2D eigenvalue weighted by molar-refractivity contribution is -0.120. The van der Waals surface area contributed by atoms with Gasteiger partial charge in [-0.1, -0.05) is 0 Å². The molecule has 0 saturated carbocycles.